The molecule has 2 bridgehead atoms. The van der Waals surface area contributed by atoms with Gasteiger partial charge in [-0.3, -0.25) is 14.5 Å². The van der Waals surface area contributed by atoms with E-state index in [2.05, 4.69) is 18.2 Å². The van der Waals surface area contributed by atoms with E-state index in [1.165, 1.54) is 11.3 Å². The lowest BCUT2D eigenvalue weighted by Crippen LogP contribution is -2.40. The number of rotatable bonds is 1. The van der Waals surface area contributed by atoms with Crippen molar-refractivity contribution in [2.24, 2.45) is 35.5 Å². The van der Waals surface area contributed by atoms with Gasteiger partial charge in [0.05, 0.1) is 29.2 Å². The number of hydrogen-bond donors (Lipinski definition) is 0. The molecule has 4 heteroatoms. The van der Waals surface area contributed by atoms with Crippen LogP contribution in [0.15, 0.2) is 36.4 Å². The van der Waals surface area contributed by atoms with Crippen molar-refractivity contribution in [2.75, 3.05) is 4.90 Å². The molecule has 2 saturated carbocycles. The maximum atomic E-state index is 12.9. The maximum Gasteiger partial charge on any atom is 0.238 e. The third-order valence-electron chi connectivity index (χ3n) is 5.92. The second-order valence-electron chi connectivity index (χ2n) is 6.83. The van der Waals surface area contributed by atoms with Crippen LogP contribution in [0.1, 0.15) is 12.0 Å². The van der Waals surface area contributed by atoms with Crippen LogP contribution in [0.4, 0.5) is 5.69 Å². The minimum Gasteiger partial charge on any atom is -0.274 e. The van der Waals surface area contributed by atoms with Crippen LogP contribution in [0.2, 0.25) is 0 Å². The molecule has 108 valence electrons. The van der Waals surface area contributed by atoms with E-state index in [0.29, 0.717) is 23.1 Å². The van der Waals surface area contributed by atoms with Gasteiger partial charge in [-0.1, -0.05) is 12.2 Å². The molecule has 6 rings (SSSR count). The molecule has 22 heavy (non-hydrogen) atoms. The van der Waals surface area contributed by atoms with Crippen molar-refractivity contribution in [3.63, 3.8) is 0 Å². The Kier molecular flexibility index (Phi) is 2.14. The standard InChI is InChI=1S/C18H14N2O2/c19-8-9-1-3-10(4-2-9)20-17(21)15-11-5-6-12(14-7-13(11)14)16(15)18(20)22/h1-6,11-16H,7H2/t11-,12-,13-,14-,15+,16+/m0/s1. The van der Waals surface area contributed by atoms with Crippen molar-refractivity contribution in [3.05, 3.63) is 42.0 Å². The Balaban J connectivity index is 1.56. The molecule has 0 N–H and O–H groups in total. The van der Waals surface area contributed by atoms with Crippen LogP contribution >= 0.6 is 0 Å². The lowest BCUT2D eigenvalue weighted by molar-refractivity contribution is -0.124. The first-order valence-corrected chi connectivity index (χ1v) is 7.77. The predicted molar refractivity (Wildman–Crippen MR) is 78.3 cm³/mol. The zero-order valence-corrected chi connectivity index (χ0v) is 11.8. The van der Waals surface area contributed by atoms with Crippen LogP contribution in [-0.4, -0.2) is 11.8 Å². The lowest BCUT2D eigenvalue weighted by Gasteiger charge is -2.37. The molecule has 3 fully saturated rings. The molecule has 0 aromatic heterocycles. The molecule has 5 aliphatic rings. The van der Waals surface area contributed by atoms with Gasteiger partial charge in [-0.2, -0.15) is 5.26 Å². The summed E-state index contributed by atoms with van der Waals surface area (Å²) in [6, 6.07) is 8.76. The zero-order chi connectivity index (χ0) is 15.0. The molecule has 0 spiro atoms. The van der Waals surface area contributed by atoms with E-state index in [0.717, 1.165) is 0 Å². The number of anilines is 1. The summed E-state index contributed by atoms with van der Waals surface area (Å²) in [6.45, 7) is 0. The molecule has 6 atom stereocenters. The number of imide groups is 1. The minimum atomic E-state index is -0.165. The van der Waals surface area contributed by atoms with Gasteiger partial charge in [0.2, 0.25) is 11.8 Å². The van der Waals surface area contributed by atoms with Crippen LogP contribution in [0.25, 0.3) is 0 Å². The molecule has 4 aliphatic carbocycles. The monoisotopic (exact) mass is 290 g/mol. The fraction of sp³-hybridized carbons (Fsp3) is 0.389. The van der Waals surface area contributed by atoms with E-state index in [4.69, 9.17) is 5.26 Å². The Hall–Kier alpha value is -2.41. The van der Waals surface area contributed by atoms with Gasteiger partial charge in [0.1, 0.15) is 0 Å². The van der Waals surface area contributed by atoms with Crippen molar-refractivity contribution in [1.29, 1.82) is 5.26 Å². The number of nitriles is 1. The van der Waals surface area contributed by atoms with Gasteiger partial charge < -0.3 is 0 Å². The minimum absolute atomic E-state index is 0.0515. The maximum absolute atomic E-state index is 12.9. The van der Waals surface area contributed by atoms with E-state index in [-0.39, 0.29) is 35.5 Å². The van der Waals surface area contributed by atoms with Crippen molar-refractivity contribution in [1.82, 2.24) is 0 Å². The van der Waals surface area contributed by atoms with Crippen molar-refractivity contribution in [3.8, 4) is 6.07 Å². The van der Waals surface area contributed by atoms with Crippen LogP contribution in [0.3, 0.4) is 0 Å². The van der Waals surface area contributed by atoms with Crippen LogP contribution in [-0.2, 0) is 9.59 Å². The number of carbonyl (C=O) groups is 2. The van der Waals surface area contributed by atoms with Gasteiger partial charge in [0.25, 0.3) is 0 Å². The third kappa shape index (κ3) is 1.32. The van der Waals surface area contributed by atoms with Crippen LogP contribution in [0.5, 0.6) is 0 Å². The average molecular weight is 290 g/mol. The molecular weight excluding hydrogens is 276 g/mol. The third-order valence-corrected chi connectivity index (χ3v) is 5.92. The number of amides is 2. The molecule has 0 unspecified atom stereocenters. The fourth-order valence-electron chi connectivity index (χ4n) is 4.90. The molecular formula is C18H14N2O2. The molecule has 1 aromatic rings. The summed E-state index contributed by atoms with van der Waals surface area (Å²) < 4.78 is 0. The summed E-state index contributed by atoms with van der Waals surface area (Å²) in [7, 11) is 0. The Morgan fingerprint density at radius 2 is 1.50 bits per heavy atom. The van der Waals surface area contributed by atoms with Gasteiger partial charge in [0.15, 0.2) is 0 Å². The van der Waals surface area contributed by atoms with E-state index in [1.54, 1.807) is 24.3 Å². The summed E-state index contributed by atoms with van der Waals surface area (Å²) in [6.07, 6.45) is 5.52. The number of allylic oxidation sites excluding steroid dienone is 2. The van der Waals surface area contributed by atoms with Crippen molar-refractivity contribution < 1.29 is 9.59 Å². The Morgan fingerprint density at radius 3 is 2.00 bits per heavy atom. The number of nitrogens with zero attached hydrogens (tertiary/aromatic N) is 2. The number of benzene rings is 1. The van der Waals surface area contributed by atoms with E-state index < -0.39 is 0 Å². The number of carbonyl (C=O) groups excluding carboxylic acids is 2. The average Bonchev–Trinajstić information content (AvgIpc) is 3.32. The summed E-state index contributed by atoms with van der Waals surface area (Å²) in [5.74, 6) is 1.31. The summed E-state index contributed by atoms with van der Waals surface area (Å²) in [5, 5.41) is 8.87. The largest absolute Gasteiger partial charge is 0.274 e. The molecule has 1 heterocycles. The molecule has 1 saturated heterocycles. The first-order chi connectivity index (χ1) is 10.7. The van der Waals surface area contributed by atoms with Crippen LogP contribution in [0, 0.1) is 46.8 Å². The molecule has 4 nitrogen and oxygen atoms in total. The van der Waals surface area contributed by atoms with Gasteiger partial charge in [-0.05, 0) is 54.4 Å². The van der Waals surface area contributed by atoms with E-state index in [1.807, 2.05) is 0 Å². The smallest absolute Gasteiger partial charge is 0.238 e. The van der Waals surface area contributed by atoms with Gasteiger partial charge >= 0.3 is 0 Å². The quantitative estimate of drug-likeness (QED) is 0.588. The van der Waals surface area contributed by atoms with Crippen molar-refractivity contribution >= 4 is 17.5 Å². The lowest BCUT2D eigenvalue weighted by atomic mass is 9.63. The normalized spacial score (nSPS) is 40.4. The molecule has 2 amide bonds. The zero-order valence-electron chi connectivity index (χ0n) is 11.8. The second kappa shape index (κ2) is 3.86. The highest BCUT2D eigenvalue weighted by Crippen LogP contribution is 2.65. The summed E-state index contributed by atoms with van der Waals surface area (Å²) >= 11 is 0. The van der Waals surface area contributed by atoms with Gasteiger partial charge in [0, 0.05) is 0 Å². The highest BCUT2D eigenvalue weighted by atomic mass is 16.2. The highest BCUT2D eigenvalue weighted by molar-refractivity contribution is 6.22. The van der Waals surface area contributed by atoms with Gasteiger partial charge in [-0.25, -0.2) is 0 Å². The number of hydrogen-bond acceptors (Lipinski definition) is 3. The van der Waals surface area contributed by atoms with Crippen LogP contribution < -0.4 is 4.90 Å². The first-order valence-electron chi connectivity index (χ1n) is 7.77. The molecule has 1 aromatic carbocycles. The molecule has 0 radical (unpaired) electrons. The predicted octanol–water partition coefficient (Wildman–Crippen LogP) is 2.12. The summed E-state index contributed by atoms with van der Waals surface area (Å²) in [4.78, 5) is 27.1. The topological polar surface area (TPSA) is 61.2 Å². The SMILES string of the molecule is N#Cc1ccc(N2C(=O)[C@@H]3[C@H]4C=C[C@@H]([C@@H]5C[C@@H]45)[C@H]3C2=O)cc1. The summed E-state index contributed by atoms with van der Waals surface area (Å²) in [5.41, 5.74) is 1.12. The highest BCUT2D eigenvalue weighted by Gasteiger charge is 2.67. The van der Waals surface area contributed by atoms with E-state index >= 15 is 0 Å². The van der Waals surface area contributed by atoms with Crippen molar-refractivity contribution in [2.45, 2.75) is 6.42 Å². The van der Waals surface area contributed by atoms with Gasteiger partial charge in [-0.15, -0.1) is 0 Å². The Morgan fingerprint density at radius 1 is 0.955 bits per heavy atom. The Bertz CT molecular complexity index is 737. The first kappa shape index (κ1) is 12.2. The van der Waals surface area contributed by atoms with E-state index in [9.17, 15) is 9.59 Å². The fourth-order valence-corrected chi connectivity index (χ4v) is 4.90. The molecule has 1 aliphatic heterocycles. The Labute approximate surface area is 128 Å². The second-order valence-corrected chi connectivity index (χ2v) is 6.83.